The number of quaternary nitrogens is 1. The van der Waals surface area contributed by atoms with E-state index in [0.29, 0.717) is 0 Å². The molecule has 0 radical (unpaired) electrons. The van der Waals surface area contributed by atoms with Gasteiger partial charge < -0.3 is 0 Å². The molecule has 0 amide bonds. The summed E-state index contributed by atoms with van der Waals surface area (Å²) >= 11 is 0. The summed E-state index contributed by atoms with van der Waals surface area (Å²) in [6.45, 7) is 3.17. The van der Waals surface area contributed by atoms with Gasteiger partial charge in [0.05, 0.1) is 14.1 Å². The van der Waals surface area contributed by atoms with Gasteiger partial charge in [-0.25, -0.2) is 4.59 Å². The predicted octanol–water partition coefficient (Wildman–Crippen LogP) is 4.90. The normalized spacial score (nSPS) is 11.2. The third-order valence-electron chi connectivity index (χ3n) is 4.11. The molecule has 2 nitrogen and oxygen atoms in total. The van der Waals surface area contributed by atoms with E-state index in [1.54, 1.807) is 0 Å². The fourth-order valence-corrected chi connectivity index (χ4v) is 2.30. The molecular formula is C19H39N2+. The molecule has 124 valence electrons. The van der Waals surface area contributed by atoms with E-state index in [1.165, 1.54) is 70.6 Å². The first kappa shape index (κ1) is 20.5. The Labute approximate surface area is 134 Å². The maximum absolute atomic E-state index is 3.30. The Balaban J connectivity index is 3.21. The first-order valence-electron chi connectivity index (χ1n) is 9.10. The minimum Gasteiger partial charge on any atom is -0.241 e. The van der Waals surface area contributed by atoms with E-state index in [1.807, 2.05) is 7.05 Å². The second kappa shape index (κ2) is 14.4. The third-order valence-corrected chi connectivity index (χ3v) is 4.11. The van der Waals surface area contributed by atoms with Crippen molar-refractivity contribution < 1.29 is 4.59 Å². The summed E-state index contributed by atoms with van der Waals surface area (Å²) in [5.41, 5.74) is 3.22. The molecule has 0 spiro atoms. The van der Waals surface area contributed by atoms with Crippen LogP contribution in [0.1, 0.15) is 84.0 Å². The third kappa shape index (κ3) is 15.7. The molecule has 1 N–H and O–H groups in total. The van der Waals surface area contributed by atoms with Crippen LogP contribution in [-0.4, -0.2) is 32.3 Å². The van der Waals surface area contributed by atoms with Crippen LogP contribution in [0.5, 0.6) is 0 Å². The Morgan fingerprint density at radius 1 is 0.714 bits per heavy atom. The van der Waals surface area contributed by atoms with Crippen molar-refractivity contribution in [2.75, 3.05) is 27.7 Å². The molecule has 21 heavy (non-hydrogen) atoms. The molecule has 0 fully saturated rings. The zero-order valence-electron chi connectivity index (χ0n) is 15.1. The summed E-state index contributed by atoms with van der Waals surface area (Å²) in [6, 6.07) is 0. The van der Waals surface area contributed by atoms with E-state index in [9.17, 15) is 0 Å². The molecule has 0 saturated carbocycles. The predicted molar refractivity (Wildman–Crippen MR) is 94.9 cm³/mol. The molecule has 0 aromatic carbocycles. The van der Waals surface area contributed by atoms with Crippen molar-refractivity contribution in [3.63, 3.8) is 0 Å². The number of hydrogen-bond donors (Lipinski definition) is 1. The zero-order chi connectivity index (χ0) is 15.8. The van der Waals surface area contributed by atoms with Crippen molar-refractivity contribution in [1.82, 2.24) is 5.43 Å². The maximum atomic E-state index is 3.30. The minimum absolute atomic E-state index is 0.769. The molecule has 0 aliphatic heterocycles. The highest BCUT2D eigenvalue weighted by molar-refractivity contribution is 4.98. The Morgan fingerprint density at radius 2 is 1.19 bits per heavy atom. The Hall–Kier alpha value is -0.520. The van der Waals surface area contributed by atoms with Crippen LogP contribution in [0.15, 0.2) is 0 Å². The second-order valence-electron chi connectivity index (χ2n) is 6.71. The second-order valence-corrected chi connectivity index (χ2v) is 6.71. The molecule has 0 aliphatic rings. The summed E-state index contributed by atoms with van der Waals surface area (Å²) in [5.74, 6) is 6.57. The van der Waals surface area contributed by atoms with Crippen molar-refractivity contribution in [2.24, 2.45) is 0 Å². The number of rotatable bonds is 13. The molecule has 0 heterocycles. The van der Waals surface area contributed by atoms with Crippen LogP contribution >= 0.6 is 0 Å². The van der Waals surface area contributed by atoms with Gasteiger partial charge in [0.25, 0.3) is 0 Å². The van der Waals surface area contributed by atoms with E-state index in [0.717, 1.165) is 17.6 Å². The van der Waals surface area contributed by atoms with Gasteiger partial charge in [-0.3, -0.25) is 0 Å². The number of nitrogens with one attached hydrogen (secondary N) is 1. The summed E-state index contributed by atoms with van der Waals surface area (Å²) in [4.78, 5) is 0. The van der Waals surface area contributed by atoms with Crippen LogP contribution in [0.3, 0.4) is 0 Å². The van der Waals surface area contributed by atoms with Gasteiger partial charge in [0.1, 0.15) is 0 Å². The maximum Gasteiger partial charge on any atom is 0.157 e. The van der Waals surface area contributed by atoms with Gasteiger partial charge in [0.15, 0.2) is 6.54 Å². The largest absolute Gasteiger partial charge is 0.241 e. The molecular weight excluding hydrogens is 256 g/mol. The first-order chi connectivity index (χ1) is 10.1. The van der Waals surface area contributed by atoms with Crippen molar-refractivity contribution >= 4 is 0 Å². The average molecular weight is 296 g/mol. The van der Waals surface area contributed by atoms with Crippen molar-refractivity contribution in [1.29, 1.82) is 0 Å². The highest BCUT2D eigenvalue weighted by Gasteiger charge is 2.07. The van der Waals surface area contributed by atoms with Crippen molar-refractivity contribution in [2.45, 2.75) is 84.0 Å². The molecule has 0 rings (SSSR count). The van der Waals surface area contributed by atoms with Crippen LogP contribution in [0.4, 0.5) is 0 Å². The van der Waals surface area contributed by atoms with Gasteiger partial charge in [-0.1, -0.05) is 77.1 Å². The molecule has 0 aromatic rings. The molecule has 0 saturated heterocycles. The molecule has 2 heteroatoms. The van der Waals surface area contributed by atoms with E-state index < -0.39 is 0 Å². The Bertz CT molecular complexity index is 273. The van der Waals surface area contributed by atoms with E-state index in [-0.39, 0.29) is 0 Å². The monoisotopic (exact) mass is 295 g/mol. The number of unbranched alkanes of at least 4 members (excludes halogenated alkanes) is 11. The van der Waals surface area contributed by atoms with Crippen LogP contribution in [0, 0.1) is 11.8 Å². The van der Waals surface area contributed by atoms with Crippen molar-refractivity contribution in [3.05, 3.63) is 0 Å². The lowest BCUT2D eigenvalue weighted by molar-refractivity contribution is -0.925. The molecule has 0 aromatic heterocycles. The van der Waals surface area contributed by atoms with Gasteiger partial charge in [-0.2, -0.15) is 5.43 Å². The smallest absolute Gasteiger partial charge is 0.157 e. The van der Waals surface area contributed by atoms with Gasteiger partial charge in [0.2, 0.25) is 0 Å². The van der Waals surface area contributed by atoms with Crippen molar-refractivity contribution in [3.8, 4) is 11.8 Å². The number of hydrogen-bond acceptors (Lipinski definition) is 1. The first-order valence-corrected chi connectivity index (χ1v) is 9.10. The average Bonchev–Trinajstić information content (AvgIpc) is 2.47. The molecule has 0 atom stereocenters. The van der Waals surface area contributed by atoms with Crippen LogP contribution in [0.2, 0.25) is 0 Å². The van der Waals surface area contributed by atoms with Gasteiger partial charge >= 0.3 is 0 Å². The highest BCUT2D eigenvalue weighted by Crippen LogP contribution is 2.11. The zero-order valence-corrected chi connectivity index (χ0v) is 15.1. The van der Waals surface area contributed by atoms with Gasteiger partial charge in [-0.05, 0) is 12.3 Å². The quantitative estimate of drug-likeness (QED) is 0.220. The summed E-state index contributed by atoms with van der Waals surface area (Å²) in [7, 11) is 6.25. The lowest BCUT2D eigenvalue weighted by Gasteiger charge is -2.24. The number of nitrogens with zero attached hydrogens (tertiary/aromatic N) is 1. The van der Waals surface area contributed by atoms with Gasteiger partial charge in [0, 0.05) is 13.5 Å². The van der Waals surface area contributed by atoms with Gasteiger partial charge in [-0.15, -0.1) is 0 Å². The highest BCUT2D eigenvalue weighted by atomic mass is 15.6. The van der Waals surface area contributed by atoms with Crippen LogP contribution in [-0.2, 0) is 0 Å². The fourth-order valence-electron chi connectivity index (χ4n) is 2.30. The fraction of sp³-hybridized carbons (Fsp3) is 0.895. The topological polar surface area (TPSA) is 12.0 Å². The molecule has 0 bridgehead atoms. The SMILES string of the molecule is CCCCCCCCCCCCCC#CC[N+](C)(C)NC. The van der Waals surface area contributed by atoms with Crippen LogP contribution in [0.25, 0.3) is 0 Å². The Morgan fingerprint density at radius 3 is 1.67 bits per heavy atom. The lowest BCUT2D eigenvalue weighted by Crippen LogP contribution is -2.49. The molecule has 0 aliphatic carbocycles. The standard InChI is InChI=1S/C19H39N2/c1-5-6-7-8-9-10-11-12-13-14-15-16-17-18-19-21(3,4)20-2/h20H,5-16,19H2,1-4H3/q+1. The van der Waals surface area contributed by atoms with E-state index >= 15 is 0 Å². The van der Waals surface area contributed by atoms with E-state index in [2.05, 4.69) is 38.3 Å². The minimum atomic E-state index is 0.769. The van der Waals surface area contributed by atoms with Crippen LogP contribution < -0.4 is 5.43 Å². The van der Waals surface area contributed by atoms with E-state index in [4.69, 9.17) is 0 Å². The Kier molecular flexibility index (Phi) is 14.1. The molecule has 0 unspecified atom stereocenters. The summed E-state index contributed by atoms with van der Waals surface area (Å²) in [6.07, 6.45) is 16.5. The summed E-state index contributed by atoms with van der Waals surface area (Å²) in [5, 5.41) is 0. The summed E-state index contributed by atoms with van der Waals surface area (Å²) < 4.78 is 0.769. The lowest BCUT2D eigenvalue weighted by atomic mass is 10.1.